The Morgan fingerprint density at radius 3 is 2.93 bits per heavy atom. The second-order valence-electron chi connectivity index (χ2n) is 2.99. The average Bonchev–Trinajstić information content (AvgIpc) is 2.17. The highest BCUT2D eigenvalue weighted by molar-refractivity contribution is 6.31. The zero-order chi connectivity index (χ0) is 10.6. The van der Waals surface area contributed by atoms with Crippen LogP contribution in [0.25, 0.3) is 0 Å². The summed E-state index contributed by atoms with van der Waals surface area (Å²) in [5.41, 5.74) is 6.79. The highest BCUT2D eigenvalue weighted by Gasteiger charge is 2.13. The van der Waals surface area contributed by atoms with Gasteiger partial charge in [-0.25, -0.2) is 0 Å². The van der Waals surface area contributed by atoms with Gasteiger partial charge >= 0.3 is 0 Å². The normalized spacial score (nSPS) is 12.2. The van der Waals surface area contributed by atoms with Gasteiger partial charge in [-0.1, -0.05) is 23.7 Å². The monoisotopic (exact) mass is 211 g/mol. The van der Waals surface area contributed by atoms with Crippen LogP contribution in [0.3, 0.4) is 0 Å². The molecule has 1 rings (SSSR count). The summed E-state index contributed by atoms with van der Waals surface area (Å²) in [4.78, 5) is 0. The Morgan fingerprint density at radius 1 is 1.64 bits per heavy atom. The molecule has 0 aromatic heterocycles. The lowest BCUT2D eigenvalue weighted by Crippen LogP contribution is -2.11. The minimum absolute atomic E-state index is 0.156. The van der Waals surface area contributed by atoms with E-state index >= 15 is 0 Å². The zero-order valence-corrected chi connectivity index (χ0v) is 8.92. The Labute approximate surface area is 89.3 Å². The van der Waals surface area contributed by atoms with E-state index in [9.17, 15) is 0 Å². The van der Waals surface area contributed by atoms with E-state index in [1.807, 2.05) is 18.2 Å². The summed E-state index contributed by atoms with van der Waals surface area (Å²) in [7, 11) is 1.61. The molecule has 3 heteroatoms. The summed E-state index contributed by atoms with van der Waals surface area (Å²) in [6.07, 6.45) is 2.45. The standard InChI is InChI=1S/C11H14ClNO/c1-3-5-9(13)11-8(12)6-4-7-10(11)14-2/h3-4,6-7,9H,1,5,13H2,2H3. The number of rotatable bonds is 4. The number of ether oxygens (including phenoxy) is 1. The van der Waals surface area contributed by atoms with Crippen molar-refractivity contribution in [2.45, 2.75) is 12.5 Å². The molecule has 0 heterocycles. The third-order valence-electron chi connectivity index (χ3n) is 2.02. The van der Waals surface area contributed by atoms with Crippen molar-refractivity contribution in [2.24, 2.45) is 5.73 Å². The fourth-order valence-corrected chi connectivity index (χ4v) is 1.66. The molecule has 1 unspecified atom stereocenters. The van der Waals surface area contributed by atoms with Crippen LogP contribution in [-0.2, 0) is 0 Å². The van der Waals surface area contributed by atoms with E-state index in [0.29, 0.717) is 11.4 Å². The fraction of sp³-hybridized carbons (Fsp3) is 0.273. The number of methoxy groups -OCH3 is 1. The molecule has 2 N–H and O–H groups in total. The van der Waals surface area contributed by atoms with Crippen LogP contribution in [0, 0.1) is 0 Å². The van der Waals surface area contributed by atoms with Crippen LogP contribution in [0.15, 0.2) is 30.9 Å². The summed E-state index contributed by atoms with van der Waals surface area (Å²) in [6, 6.07) is 5.34. The predicted octanol–water partition coefficient (Wildman–Crippen LogP) is 2.92. The van der Waals surface area contributed by atoms with Crippen molar-refractivity contribution >= 4 is 11.6 Å². The van der Waals surface area contributed by atoms with Crippen LogP contribution < -0.4 is 10.5 Å². The van der Waals surface area contributed by atoms with Gasteiger partial charge in [0, 0.05) is 16.6 Å². The number of hydrogen-bond acceptors (Lipinski definition) is 2. The van der Waals surface area contributed by atoms with Crippen LogP contribution in [-0.4, -0.2) is 7.11 Å². The zero-order valence-electron chi connectivity index (χ0n) is 8.16. The largest absolute Gasteiger partial charge is 0.496 e. The molecule has 2 nitrogen and oxygen atoms in total. The van der Waals surface area contributed by atoms with Gasteiger partial charge in [-0.05, 0) is 18.6 Å². The molecule has 76 valence electrons. The molecule has 0 aliphatic rings. The molecule has 1 aromatic rings. The van der Waals surface area contributed by atoms with Crippen molar-refractivity contribution in [2.75, 3.05) is 7.11 Å². The van der Waals surface area contributed by atoms with Gasteiger partial charge in [-0.2, -0.15) is 0 Å². The van der Waals surface area contributed by atoms with Gasteiger partial charge in [-0.3, -0.25) is 0 Å². The third-order valence-corrected chi connectivity index (χ3v) is 2.35. The number of nitrogens with two attached hydrogens (primary N) is 1. The molecular weight excluding hydrogens is 198 g/mol. The average molecular weight is 212 g/mol. The van der Waals surface area contributed by atoms with E-state index in [-0.39, 0.29) is 6.04 Å². The topological polar surface area (TPSA) is 35.2 Å². The van der Waals surface area contributed by atoms with Crippen molar-refractivity contribution in [1.29, 1.82) is 0 Å². The maximum atomic E-state index is 6.04. The minimum atomic E-state index is -0.156. The van der Waals surface area contributed by atoms with E-state index < -0.39 is 0 Å². The molecule has 0 bridgehead atoms. The van der Waals surface area contributed by atoms with E-state index in [4.69, 9.17) is 22.1 Å². The molecule has 0 saturated carbocycles. The Hall–Kier alpha value is -0.990. The van der Waals surface area contributed by atoms with E-state index in [2.05, 4.69) is 6.58 Å². The molecule has 1 atom stereocenters. The van der Waals surface area contributed by atoms with Gasteiger partial charge in [0.05, 0.1) is 7.11 Å². The molecule has 0 amide bonds. The van der Waals surface area contributed by atoms with E-state index in [0.717, 1.165) is 11.3 Å². The quantitative estimate of drug-likeness (QED) is 0.778. The van der Waals surface area contributed by atoms with Crippen LogP contribution in [0.4, 0.5) is 0 Å². The highest BCUT2D eigenvalue weighted by atomic mass is 35.5. The lowest BCUT2D eigenvalue weighted by Gasteiger charge is -2.15. The number of benzene rings is 1. The molecular formula is C11H14ClNO. The van der Waals surface area contributed by atoms with Gasteiger partial charge in [0.15, 0.2) is 0 Å². The molecule has 0 spiro atoms. The lowest BCUT2D eigenvalue weighted by atomic mass is 10.0. The van der Waals surface area contributed by atoms with E-state index in [1.54, 1.807) is 13.2 Å². The second kappa shape index (κ2) is 5.03. The highest BCUT2D eigenvalue weighted by Crippen LogP contribution is 2.32. The van der Waals surface area contributed by atoms with Gasteiger partial charge in [-0.15, -0.1) is 6.58 Å². The first kappa shape index (κ1) is 11.1. The number of hydrogen-bond donors (Lipinski definition) is 1. The molecule has 0 aliphatic heterocycles. The van der Waals surface area contributed by atoms with Gasteiger partial charge < -0.3 is 10.5 Å². The molecule has 0 saturated heterocycles. The molecule has 0 radical (unpaired) electrons. The van der Waals surface area contributed by atoms with Crippen molar-refractivity contribution in [1.82, 2.24) is 0 Å². The first-order valence-electron chi connectivity index (χ1n) is 4.39. The Bertz CT molecular complexity index is 325. The van der Waals surface area contributed by atoms with Crippen LogP contribution >= 0.6 is 11.6 Å². The maximum Gasteiger partial charge on any atom is 0.125 e. The van der Waals surface area contributed by atoms with Gasteiger partial charge in [0.1, 0.15) is 5.75 Å². The third kappa shape index (κ3) is 2.28. The van der Waals surface area contributed by atoms with E-state index in [1.165, 1.54) is 0 Å². The fourth-order valence-electron chi connectivity index (χ4n) is 1.35. The summed E-state index contributed by atoms with van der Waals surface area (Å²) in [5, 5.41) is 0.638. The first-order valence-corrected chi connectivity index (χ1v) is 4.77. The summed E-state index contributed by atoms with van der Waals surface area (Å²) < 4.78 is 5.19. The van der Waals surface area contributed by atoms with Crippen LogP contribution in [0.2, 0.25) is 5.02 Å². The molecule has 1 aromatic carbocycles. The number of halogens is 1. The molecule has 0 aliphatic carbocycles. The molecule has 0 fully saturated rings. The first-order chi connectivity index (χ1) is 6.70. The molecule has 14 heavy (non-hydrogen) atoms. The Kier molecular flexibility index (Phi) is 3.98. The maximum absolute atomic E-state index is 6.04. The van der Waals surface area contributed by atoms with Crippen molar-refractivity contribution in [3.05, 3.63) is 41.4 Å². The predicted molar refractivity (Wildman–Crippen MR) is 59.7 cm³/mol. The minimum Gasteiger partial charge on any atom is -0.496 e. The summed E-state index contributed by atoms with van der Waals surface area (Å²) in [5.74, 6) is 0.729. The van der Waals surface area contributed by atoms with Gasteiger partial charge in [0.25, 0.3) is 0 Å². The van der Waals surface area contributed by atoms with Crippen molar-refractivity contribution in [3.63, 3.8) is 0 Å². The van der Waals surface area contributed by atoms with Gasteiger partial charge in [0.2, 0.25) is 0 Å². The smallest absolute Gasteiger partial charge is 0.125 e. The summed E-state index contributed by atoms with van der Waals surface area (Å²) >= 11 is 6.04. The summed E-state index contributed by atoms with van der Waals surface area (Å²) in [6.45, 7) is 3.65. The van der Waals surface area contributed by atoms with Crippen LogP contribution in [0.5, 0.6) is 5.75 Å². The van der Waals surface area contributed by atoms with Crippen LogP contribution in [0.1, 0.15) is 18.0 Å². The van der Waals surface area contributed by atoms with Crippen molar-refractivity contribution in [3.8, 4) is 5.75 Å². The van der Waals surface area contributed by atoms with Crippen molar-refractivity contribution < 1.29 is 4.74 Å². The lowest BCUT2D eigenvalue weighted by molar-refractivity contribution is 0.406. The second-order valence-corrected chi connectivity index (χ2v) is 3.39. The SMILES string of the molecule is C=CCC(N)c1c(Cl)cccc1OC. The Morgan fingerprint density at radius 2 is 2.36 bits per heavy atom. The Balaban J connectivity index is 3.09.